The van der Waals surface area contributed by atoms with Gasteiger partial charge < -0.3 is 20.7 Å². The maximum absolute atomic E-state index is 12.2. The van der Waals surface area contributed by atoms with Crippen LogP contribution in [0.15, 0.2) is 53.5 Å². The first-order chi connectivity index (χ1) is 14.1. The summed E-state index contributed by atoms with van der Waals surface area (Å²) in [7, 11) is 0. The number of ether oxygens (including phenoxy) is 1. The van der Waals surface area contributed by atoms with E-state index in [4.69, 9.17) is 4.74 Å². The number of rotatable bonds is 7. The number of carbonyl (C=O) groups excluding carboxylic acids is 1. The number of hydrogen-bond donors (Lipinski definition) is 3. The van der Waals surface area contributed by atoms with E-state index in [1.54, 1.807) is 0 Å². The fourth-order valence-corrected chi connectivity index (χ4v) is 3.16. The maximum atomic E-state index is 12.2. The summed E-state index contributed by atoms with van der Waals surface area (Å²) in [6.45, 7) is 6.81. The van der Waals surface area contributed by atoms with Gasteiger partial charge in [-0.05, 0) is 49.9 Å². The van der Waals surface area contributed by atoms with E-state index in [2.05, 4.69) is 52.1 Å². The molecule has 1 aliphatic heterocycles. The van der Waals surface area contributed by atoms with E-state index >= 15 is 0 Å². The monoisotopic (exact) mass is 522 g/mol. The van der Waals surface area contributed by atoms with Crippen LogP contribution in [0, 0.1) is 6.92 Å². The zero-order chi connectivity index (χ0) is 20.5. The van der Waals surface area contributed by atoms with Gasteiger partial charge in [0.2, 0.25) is 0 Å². The van der Waals surface area contributed by atoms with E-state index in [0.717, 1.165) is 36.6 Å². The zero-order valence-electron chi connectivity index (χ0n) is 17.6. The smallest absolute Gasteiger partial charge is 0.253 e. The molecule has 2 aromatic rings. The molecule has 1 atom stereocenters. The lowest BCUT2D eigenvalue weighted by molar-refractivity contribution is -0.124. The molecule has 7 heteroatoms. The summed E-state index contributed by atoms with van der Waals surface area (Å²) >= 11 is 0. The molecule has 2 aromatic carbocycles. The lowest BCUT2D eigenvalue weighted by Gasteiger charge is -2.13. The Hall–Kier alpha value is -2.13. The van der Waals surface area contributed by atoms with E-state index in [9.17, 15) is 4.79 Å². The predicted molar refractivity (Wildman–Crippen MR) is 132 cm³/mol. The fraction of sp³-hybridized carbons (Fsp3) is 0.391. The van der Waals surface area contributed by atoms with Gasteiger partial charge in [0.15, 0.2) is 5.96 Å². The summed E-state index contributed by atoms with van der Waals surface area (Å²) in [5.74, 6) is 0.693. The number of benzene rings is 2. The van der Waals surface area contributed by atoms with Gasteiger partial charge in [-0.25, -0.2) is 4.99 Å². The van der Waals surface area contributed by atoms with Crippen molar-refractivity contribution in [3.8, 4) is 0 Å². The molecule has 1 fully saturated rings. The molecule has 1 amide bonds. The van der Waals surface area contributed by atoms with Gasteiger partial charge in [0.1, 0.15) is 6.10 Å². The molecule has 6 nitrogen and oxygen atoms in total. The van der Waals surface area contributed by atoms with Crippen molar-refractivity contribution in [2.75, 3.05) is 18.5 Å². The van der Waals surface area contributed by atoms with Crippen LogP contribution >= 0.6 is 24.0 Å². The van der Waals surface area contributed by atoms with Gasteiger partial charge in [0.25, 0.3) is 5.91 Å². The van der Waals surface area contributed by atoms with Gasteiger partial charge in [-0.1, -0.05) is 42.0 Å². The Morgan fingerprint density at radius 2 is 1.93 bits per heavy atom. The molecule has 0 radical (unpaired) electrons. The average Bonchev–Trinajstić information content (AvgIpc) is 3.27. The van der Waals surface area contributed by atoms with Crippen LogP contribution in [0.5, 0.6) is 0 Å². The molecule has 30 heavy (non-hydrogen) atoms. The average molecular weight is 522 g/mol. The number of halogens is 1. The Labute approximate surface area is 195 Å². The molecule has 162 valence electrons. The van der Waals surface area contributed by atoms with Gasteiger partial charge >= 0.3 is 0 Å². The quantitative estimate of drug-likeness (QED) is 0.292. The number of nitrogens with one attached hydrogen (secondary N) is 3. The van der Waals surface area contributed by atoms with Crippen LogP contribution in [0.2, 0.25) is 0 Å². The molecule has 0 bridgehead atoms. The molecule has 0 spiro atoms. The van der Waals surface area contributed by atoms with Crippen LogP contribution < -0.4 is 16.0 Å². The molecule has 1 saturated heterocycles. The first-order valence-corrected chi connectivity index (χ1v) is 10.2. The zero-order valence-corrected chi connectivity index (χ0v) is 19.9. The van der Waals surface area contributed by atoms with Crippen molar-refractivity contribution in [1.29, 1.82) is 0 Å². The Kier molecular flexibility index (Phi) is 10.1. The van der Waals surface area contributed by atoms with E-state index in [1.165, 1.54) is 11.1 Å². The minimum atomic E-state index is -0.331. The number of hydrogen-bond acceptors (Lipinski definition) is 3. The number of carbonyl (C=O) groups is 1. The molecule has 0 aliphatic carbocycles. The molecule has 1 unspecified atom stereocenters. The van der Waals surface area contributed by atoms with Gasteiger partial charge in [0.05, 0.1) is 6.54 Å². The molecule has 3 rings (SSSR count). The first-order valence-electron chi connectivity index (χ1n) is 10.2. The minimum Gasteiger partial charge on any atom is -0.368 e. The van der Waals surface area contributed by atoms with E-state index in [0.29, 0.717) is 19.7 Å². The van der Waals surface area contributed by atoms with Crippen molar-refractivity contribution < 1.29 is 9.53 Å². The summed E-state index contributed by atoms with van der Waals surface area (Å²) in [6.07, 6.45) is 1.40. The van der Waals surface area contributed by atoms with Crippen LogP contribution in [0.25, 0.3) is 0 Å². The third-order valence-corrected chi connectivity index (χ3v) is 4.76. The summed E-state index contributed by atoms with van der Waals surface area (Å²) in [4.78, 5) is 16.9. The second-order valence-electron chi connectivity index (χ2n) is 7.23. The largest absolute Gasteiger partial charge is 0.368 e. The van der Waals surface area contributed by atoms with Crippen LogP contribution in [0.1, 0.15) is 36.5 Å². The highest BCUT2D eigenvalue weighted by atomic mass is 127. The topological polar surface area (TPSA) is 74.8 Å². The minimum absolute atomic E-state index is 0. The number of nitrogens with zero attached hydrogens (tertiary/aromatic N) is 1. The third kappa shape index (κ3) is 7.60. The molecule has 1 heterocycles. The highest BCUT2D eigenvalue weighted by molar-refractivity contribution is 14.0. The summed E-state index contributed by atoms with van der Waals surface area (Å²) in [5.41, 5.74) is 4.26. The predicted octanol–water partition coefficient (Wildman–Crippen LogP) is 3.99. The van der Waals surface area contributed by atoms with Gasteiger partial charge in [0, 0.05) is 25.4 Å². The Morgan fingerprint density at radius 1 is 1.13 bits per heavy atom. The van der Waals surface area contributed by atoms with Gasteiger partial charge in [-0.15, -0.1) is 24.0 Å². The molecular weight excluding hydrogens is 491 g/mol. The van der Waals surface area contributed by atoms with Crippen molar-refractivity contribution in [3.63, 3.8) is 0 Å². The lowest BCUT2D eigenvalue weighted by Crippen LogP contribution is -2.36. The molecule has 3 N–H and O–H groups in total. The fourth-order valence-electron chi connectivity index (χ4n) is 3.16. The van der Waals surface area contributed by atoms with Crippen molar-refractivity contribution >= 4 is 41.5 Å². The summed E-state index contributed by atoms with van der Waals surface area (Å²) in [5, 5.41) is 9.58. The standard InChI is InChI=1S/C23H30N4O2.HI/c1-3-24-23(25-15-18-11-9-17(2)10-12-18)26-16-19-6-4-7-20(14-19)27-22(28)21-8-5-13-29-21;/h4,6-7,9-12,14,21H,3,5,8,13,15-16H2,1-2H3,(H,27,28)(H2,24,25,26);1H. The second-order valence-corrected chi connectivity index (χ2v) is 7.23. The van der Waals surface area contributed by atoms with Crippen LogP contribution in [-0.4, -0.2) is 31.1 Å². The van der Waals surface area contributed by atoms with Crippen LogP contribution in [0.3, 0.4) is 0 Å². The third-order valence-electron chi connectivity index (χ3n) is 4.76. The number of guanidine groups is 1. The number of amides is 1. The molecule has 0 saturated carbocycles. The number of aryl methyl sites for hydroxylation is 1. The number of aliphatic imine (C=N–C) groups is 1. The maximum Gasteiger partial charge on any atom is 0.253 e. The van der Waals surface area contributed by atoms with E-state index in [-0.39, 0.29) is 36.0 Å². The van der Waals surface area contributed by atoms with Crippen molar-refractivity contribution in [2.24, 2.45) is 4.99 Å². The van der Waals surface area contributed by atoms with E-state index < -0.39 is 0 Å². The summed E-state index contributed by atoms with van der Waals surface area (Å²) in [6, 6.07) is 16.2. The van der Waals surface area contributed by atoms with Crippen LogP contribution in [-0.2, 0) is 22.6 Å². The van der Waals surface area contributed by atoms with Crippen molar-refractivity contribution in [2.45, 2.75) is 45.9 Å². The second kappa shape index (κ2) is 12.5. The SMILES string of the molecule is CCNC(=NCc1cccc(NC(=O)C2CCCO2)c1)NCc1ccc(C)cc1.I. The molecule has 0 aromatic heterocycles. The lowest BCUT2D eigenvalue weighted by atomic mass is 10.1. The van der Waals surface area contributed by atoms with Gasteiger partial charge in [-0.2, -0.15) is 0 Å². The Bertz CT molecular complexity index is 833. The first kappa shape index (κ1) is 24.1. The summed E-state index contributed by atoms with van der Waals surface area (Å²) < 4.78 is 5.44. The highest BCUT2D eigenvalue weighted by Gasteiger charge is 2.23. The van der Waals surface area contributed by atoms with Crippen LogP contribution in [0.4, 0.5) is 5.69 Å². The van der Waals surface area contributed by atoms with E-state index in [1.807, 2.05) is 31.2 Å². The van der Waals surface area contributed by atoms with Crippen molar-refractivity contribution in [3.05, 3.63) is 65.2 Å². The molecular formula is C23H31IN4O2. The van der Waals surface area contributed by atoms with Crippen molar-refractivity contribution in [1.82, 2.24) is 10.6 Å². The Balaban J connectivity index is 0.00000320. The molecule has 1 aliphatic rings. The number of anilines is 1. The van der Waals surface area contributed by atoms with Gasteiger partial charge in [-0.3, -0.25) is 4.79 Å². The highest BCUT2D eigenvalue weighted by Crippen LogP contribution is 2.16. The Morgan fingerprint density at radius 3 is 2.63 bits per heavy atom. The normalized spacial score (nSPS) is 15.9.